The lowest BCUT2D eigenvalue weighted by molar-refractivity contribution is 0.0954. The number of aliphatic hydroxyl groups excluding tert-OH is 2. The molecule has 0 aromatic heterocycles. The summed E-state index contributed by atoms with van der Waals surface area (Å²) in [4.78, 5) is 0. The number of aliphatic hydroxyl groups is 2. The summed E-state index contributed by atoms with van der Waals surface area (Å²) >= 11 is 0. The fourth-order valence-electron chi connectivity index (χ4n) is 0.969. The van der Waals surface area contributed by atoms with Crippen LogP contribution in [0.2, 0.25) is 0 Å². The third-order valence-electron chi connectivity index (χ3n) is 1.75. The summed E-state index contributed by atoms with van der Waals surface area (Å²) in [5, 5.41) is 17.7. The first kappa shape index (κ1) is 10.1. The Balaban J connectivity index is 2.81. The molecular weight excluding hydrogens is 178 g/mol. The lowest BCUT2D eigenvalue weighted by atomic mass is 10.1. The molecule has 2 N–H and O–H groups in total. The van der Waals surface area contributed by atoms with E-state index in [2.05, 4.69) is 0 Å². The molecule has 2 nitrogen and oxygen atoms in total. The molecule has 1 aromatic rings. The van der Waals surface area contributed by atoms with Crippen LogP contribution in [0.4, 0.5) is 8.78 Å². The molecule has 0 fully saturated rings. The maximum absolute atomic E-state index is 12.1. The Bertz CT molecular complexity index is 259. The Morgan fingerprint density at radius 2 is 1.54 bits per heavy atom. The average Bonchev–Trinajstić information content (AvgIpc) is 2.17. The largest absolute Gasteiger partial charge is 0.393 e. The van der Waals surface area contributed by atoms with E-state index in [1.165, 1.54) is 24.3 Å². The van der Waals surface area contributed by atoms with E-state index < -0.39 is 19.1 Å². The molecule has 0 spiro atoms. The van der Waals surface area contributed by atoms with Crippen molar-refractivity contribution in [3.8, 4) is 0 Å². The first-order valence-electron chi connectivity index (χ1n) is 3.82. The van der Waals surface area contributed by atoms with Gasteiger partial charge in [-0.25, -0.2) is 8.78 Å². The van der Waals surface area contributed by atoms with Gasteiger partial charge in [0.25, 0.3) is 6.43 Å². The first-order valence-corrected chi connectivity index (χ1v) is 3.82. The zero-order valence-electron chi connectivity index (χ0n) is 6.82. The zero-order chi connectivity index (χ0) is 9.84. The molecule has 1 rings (SSSR count). The van der Waals surface area contributed by atoms with Gasteiger partial charge in [0.1, 0.15) is 6.10 Å². The van der Waals surface area contributed by atoms with Gasteiger partial charge in [-0.2, -0.15) is 0 Å². The topological polar surface area (TPSA) is 40.5 Å². The molecule has 1 unspecified atom stereocenters. The Labute approximate surface area is 74.4 Å². The highest BCUT2D eigenvalue weighted by molar-refractivity contribution is 5.24. The molecule has 0 saturated heterocycles. The minimum Gasteiger partial charge on any atom is -0.393 e. The van der Waals surface area contributed by atoms with E-state index in [-0.39, 0.29) is 5.56 Å². The van der Waals surface area contributed by atoms with Crippen LogP contribution in [0.25, 0.3) is 0 Å². The molecule has 0 amide bonds. The quantitative estimate of drug-likeness (QED) is 0.757. The molecule has 0 radical (unpaired) electrons. The van der Waals surface area contributed by atoms with Crippen LogP contribution in [0.5, 0.6) is 0 Å². The van der Waals surface area contributed by atoms with E-state index in [0.29, 0.717) is 5.56 Å². The van der Waals surface area contributed by atoms with Crippen molar-refractivity contribution in [2.24, 2.45) is 0 Å². The summed E-state index contributed by atoms with van der Waals surface area (Å²) in [5.74, 6) is 0. The van der Waals surface area contributed by atoms with Gasteiger partial charge in [0.2, 0.25) is 0 Å². The van der Waals surface area contributed by atoms with Gasteiger partial charge in [0, 0.05) is 5.56 Å². The molecule has 0 aliphatic heterocycles. The monoisotopic (exact) mass is 188 g/mol. The smallest absolute Gasteiger partial charge is 0.263 e. The SMILES string of the molecule is OCC(O)c1ccc(C(F)F)cc1. The second kappa shape index (κ2) is 4.30. The first-order chi connectivity index (χ1) is 6.15. The summed E-state index contributed by atoms with van der Waals surface area (Å²) in [6.45, 7) is -0.409. The Kier molecular flexibility index (Phi) is 3.33. The van der Waals surface area contributed by atoms with Crippen LogP contribution in [-0.2, 0) is 0 Å². The van der Waals surface area contributed by atoms with Crippen molar-refractivity contribution < 1.29 is 19.0 Å². The number of hydrogen-bond acceptors (Lipinski definition) is 2. The third-order valence-corrected chi connectivity index (χ3v) is 1.75. The van der Waals surface area contributed by atoms with Gasteiger partial charge in [-0.15, -0.1) is 0 Å². The van der Waals surface area contributed by atoms with Gasteiger partial charge in [-0.05, 0) is 5.56 Å². The van der Waals surface area contributed by atoms with Crippen LogP contribution in [0.1, 0.15) is 23.7 Å². The lowest BCUT2D eigenvalue weighted by Crippen LogP contribution is -2.02. The fraction of sp³-hybridized carbons (Fsp3) is 0.333. The van der Waals surface area contributed by atoms with Gasteiger partial charge in [0.15, 0.2) is 0 Å². The number of halogens is 2. The molecule has 0 aliphatic rings. The summed E-state index contributed by atoms with van der Waals surface area (Å²) in [7, 11) is 0. The molecule has 4 heteroatoms. The number of benzene rings is 1. The number of hydrogen-bond donors (Lipinski definition) is 2. The maximum atomic E-state index is 12.1. The highest BCUT2D eigenvalue weighted by Crippen LogP contribution is 2.20. The molecule has 72 valence electrons. The lowest BCUT2D eigenvalue weighted by Gasteiger charge is -2.07. The molecular formula is C9H10F2O2. The third kappa shape index (κ3) is 2.47. The normalized spacial score (nSPS) is 13.3. The molecule has 0 bridgehead atoms. The van der Waals surface area contributed by atoms with E-state index in [0.717, 1.165) is 0 Å². The Morgan fingerprint density at radius 1 is 1.08 bits per heavy atom. The van der Waals surface area contributed by atoms with Crippen molar-refractivity contribution in [3.05, 3.63) is 35.4 Å². The summed E-state index contributed by atoms with van der Waals surface area (Å²) in [6.07, 6.45) is -3.49. The van der Waals surface area contributed by atoms with Gasteiger partial charge < -0.3 is 10.2 Å². The maximum Gasteiger partial charge on any atom is 0.263 e. The van der Waals surface area contributed by atoms with E-state index in [1.807, 2.05) is 0 Å². The van der Waals surface area contributed by atoms with Crippen molar-refractivity contribution in [3.63, 3.8) is 0 Å². The minimum absolute atomic E-state index is 0.0890. The van der Waals surface area contributed by atoms with Crippen molar-refractivity contribution in [2.45, 2.75) is 12.5 Å². The van der Waals surface area contributed by atoms with Crippen LogP contribution >= 0.6 is 0 Å². The van der Waals surface area contributed by atoms with Crippen LogP contribution in [-0.4, -0.2) is 16.8 Å². The van der Waals surface area contributed by atoms with E-state index in [1.54, 1.807) is 0 Å². The van der Waals surface area contributed by atoms with Crippen LogP contribution in [0, 0.1) is 0 Å². The van der Waals surface area contributed by atoms with Gasteiger partial charge in [-0.3, -0.25) is 0 Å². The predicted molar refractivity (Wildman–Crippen MR) is 43.4 cm³/mol. The average molecular weight is 188 g/mol. The van der Waals surface area contributed by atoms with E-state index in [9.17, 15) is 8.78 Å². The van der Waals surface area contributed by atoms with Crippen molar-refractivity contribution in [1.29, 1.82) is 0 Å². The molecule has 1 atom stereocenters. The fourth-order valence-corrected chi connectivity index (χ4v) is 0.969. The molecule has 0 saturated carbocycles. The predicted octanol–water partition coefficient (Wildman–Crippen LogP) is 1.65. The number of rotatable bonds is 3. The van der Waals surface area contributed by atoms with Crippen LogP contribution in [0.15, 0.2) is 24.3 Å². The summed E-state index contributed by atoms with van der Waals surface area (Å²) in [5.41, 5.74) is 0.348. The standard InChI is InChI=1S/C9H10F2O2/c10-9(11)7-3-1-6(2-4-7)8(13)5-12/h1-4,8-9,12-13H,5H2. The van der Waals surface area contributed by atoms with Crippen LogP contribution < -0.4 is 0 Å². The van der Waals surface area contributed by atoms with Crippen molar-refractivity contribution in [2.75, 3.05) is 6.61 Å². The highest BCUT2D eigenvalue weighted by Gasteiger charge is 2.09. The molecule has 0 aliphatic carbocycles. The Hall–Kier alpha value is -1.00. The van der Waals surface area contributed by atoms with Crippen molar-refractivity contribution in [1.82, 2.24) is 0 Å². The minimum atomic E-state index is -2.50. The van der Waals surface area contributed by atoms with Gasteiger partial charge in [-0.1, -0.05) is 24.3 Å². The molecule has 0 heterocycles. The molecule has 13 heavy (non-hydrogen) atoms. The van der Waals surface area contributed by atoms with Gasteiger partial charge >= 0.3 is 0 Å². The zero-order valence-corrected chi connectivity index (χ0v) is 6.82. The summed E-state index contributed by atoms with van der Waals surface area (Å²) in [6, 6.07) is 5.22. The second-order valence-corrected chi connectivity index (χ2v) is 2.67. The number of alkyl halides is 2. The summed E-state index contributed by atoms with van der Waals surface area (Å²) < 4.78 is 24.1. The van der Waals surface area contributed by atoms with Crippen molar-refractivity contribution >= 4 is 0 Å². The van der Waals surface area contributed by atoms with Gasteiger partial charge in [0.05, 0.1) is 6.61 Å². The van der Waals surface area contributed by atoms with E-state index >= 15 is 0 Å². The van der Waals surface area contributed by atoms with E-state index in [4.69, 9.17) is 10.2 Å². The second-order valence-electron chi connectivity index (χ2n) is 2.67. The highest BCUT2D eigenvalue weighted by atomic mass is 19.3. The molecule has 1 aromatic carbocycles. The van der Waals surface area contributed by atoms with Crippen LogP contribution in [0.3, 0.4) is 0 Å². The Morgan fingerprint density at radius 3 is 1.92 bits per heavy atom.